The molecule has 1 atom stereocenters. The number of piperidine rings is 1. The van der Waals surface area contributed by atoms with E-state index in [2.05, 4.69) is 22.3 Å². The molecule has 0 radical (unpaired) electrons. The molecule has 1 saturated heterocycles. The van der Waals surface area contributed by atoms with E-state index in [1.54, 1.807) is 0 Å². The number of carbonyl (C=O) groups excluding carboxylic acids is 1. The van der Waals surface area contributed by atoms with E-state index in [4.69, 9.17) is 4.74 Å². The first kappa shape index (κ1) is 20.8. The summed E-state index contributed by atoms with van der Waals surface area (Å²) in [5.74, 6) is 0.753. The predicted molar refractivity (Wildman–Crippen MR) is 116 cm³/mol. The number of carbonyl (C=O) groups is 1. The molecule has 3 N–H and O–H groups in total. The van der Waals surface area contributed by atoms with Gasteiger partial charge in [-0.1, -0.05) is 30.3 Å². The van der Waals surface area contributed by atoms with Gasteiger partial charge in [0.15, 0.2) is 0 Å². The molecule has 2 aliphatic rings. The Kier molecular flexibility index (Phi) is 6.37. The Morgan fingerprint density at radius 2 is 1.87 bits per heavy atom. The van der Waals surface area contributed by atoms with Gasteiger partial charge in [-0.2, -0.15) is 0 Å². The Morgan fingerprint density at radius 3 is 2.63 bits per heavy atom. The lowest BCUT2D eigenvalue weighted by Crippen LogP contribution is -2.48. The van der Waals surface area contributed by atoms with Crippen LogP contribution in [0.3, 0.4) is 0 Å². The lowest BCUT2D eigenvalue weighted by molar-refractivity contribution is -0.116. The number of anilines is 1. The highest BCUT2D eigenvalue weighted by Crippen LogP contribution is 2.28. The van der Waals surface area contributed by atoms with Crippen molar-refractivity contribution in [1.82, 2.24) is 4.90 Å². The predicted octanol–water partition coefficient (Wildman–Crippen LogP) is 2.38. The van der Waals surface area contributed by atoms with Crippen molar-refractivity contribution in [2.45, 2.75) is 43.8 Å². The summed E-state index contributed by atoms with van der Waals surface area (Å²) in [6.07, 6.45) is 2.68. The number of nitrogens with zero attached hydrogens (tertiary/aromatic N) is 1. The molecule has 0 aromatic heterocycles. The van der Waals surface area contributed by atoms with E-state index in [9.17, 15) is 15.0 Å². The van der Waals surface area contributed by atoms with Gasteiger partial charge >= 0.3 is 0 Å². The second-order valence-corrected chi connectivity index (χ2v) is 8.52. The number of benzene rings is 2. The molecule has 0 bridgehead atoms. The summed E-state index contributed by atoms with van der Waals surface area (Å²) in [6.45, 7) is 2.27. The minimum atomic E-state index is -0.669. The van der Waals surface area contributed by atoms with E-state index in [1.807, 2.05) is 36.4 Å². The number of likely N-dealkylation sites (tertiary alicyclic amines) is 1. The number of fused-ring (bicyclic) bond motifs is 1. The summed E-state index contributed by atoms with van der Waals surface area (Å²) in [5.41, 5.74) is 2.40. The van der Waals surface area contributed by atoms with Crippen LogP contribution in [-0.4, -0.2) is 59.0 Å². The number of β-amino-alcohol motifs (C(OH)–C–C–N with tert-alkyl or cyclic N) is 1. The maximum Gasteiger partial charge on any atom is 0.224 e. The highest BCUT2D eigenvalue weighted by atomic mass is 16.5. The molecule has 0 aliphatic carbocycles. The lowest BCUT2D eigenvalue weighted by Gasteiger charge is -2.39. The molecule has 160 valence electrons. The fourth-order valence-electron chi connectivity index (χ4n) is 4.30. The van der Waals surface area contributed by atoms with E-state index in [-0.39, 0.29) is 12.5 Å². The normalized spacial score (nSPS) is 19.6. The summed E-state index contributed by atoms with van der Waals surface area (Å²) >= 11 is 0. The number of amides is 1. The van der Waals surface area contributed by atoms with Crippen LogP contribution in [0.5, 0.6) is 5.75 Å². The van der Waals surface area contributed by atoms with E-state index in [0.29, 0.717) is 44.4 Å². The van der Waals surface area contributed by atoms with Crippen molar-refractivity contribution >= 4 is 11.6 Å². The molecular formula is C24H30N2O4. The van der Waals surface area contributed by atoms with Crippen molar-refractivity contribution in [2.24, 2.45) is 0 Å². The lowest BCUT2D eigenvalue weighted by atomic mass is 9.85. The Bertz CT molecular complexity index is 863. The smallest absolute Gasteiger partial charge is 0.224 e. The van der Waals surface area contributed by atoms with E-state index < -0.39 is 11.7 Å². The summed E-state index contributed by atoms with van der Waals surface area (Å²) in [5, 5.41) is 24.2. The van der Waals surface area contributed by atoms with Crippen LogP contribution >= 0.6 is 0 Å². The van der Waals surface area contributed by atoms with Gasteiger partial charge in [-0.05, 0) is 48.6 Å². The van der Waals surface area contributed by atoms with Crippen LogP contribution in [0.4, 0.5) is 5.69 Å². The van der Waals surface area contributed by atoms with Crippen LogP contribution in [0.1, 0.15) is 30.4 Å². The zero-order valence-corrected chi connectivity index (χ0v) is 17.2. The third kappa shape index (κ3) is 5.39. The van der Waals surface area contributed by atoms with Gasteiger partial charge in [-0.3, -0.25) is 4.79 Å². The number of nitrogens with one attached hydrogen (secondary N) is 1. The molecule has 1 amide bonds. The van der Waals surface area contributed by atoms with Crippen molar-refractivity contribution in [3.63, 3.8) is 0 Å². The maximum absolute atomic E-state index is 11.5. The Hall–Kier alpha value is -2.41. The van der Waals surface area contributed by atoms with Crippen molar-refractivity contribution < 1.29 is 19.7 Å². The van der Waals surface area contributed by atoms with Gasteiger partial charge in [0.05, 0.1) is 5.60 Å². The average Bonchev–Trinajstić information content (AvgIpc) is 2.74. The monoisotopic (exact) mass is 410 g/mol. The van der Waals surface area contributed by atoms with Crippen LogP contribution in [-0.2, 0) is 17.6 Å². The molecule has 0 unspecified atom stereocenters. The second kappa shape index (κ2) is 9.16. The first-order chi connectivity index (χ1) is 14.5. The fourth-order valence-corrected chi connectivity index (χ4v) is 4.30. The molecule has 4 rings (SSSR count). The molecule has 30 heavy (non-hydrogen) atoms. The van der Waals surface area contributed by atoms with E-state index in [1.165, 1.54) is 0 Å². The number of hydrogen-bond donors (Lipinski definition) is 3. The Labute approximate surface area is 177 Å². The van der Waals surface area contributed by atoms with Crippen LogP contribution < -0.4 is 10.1 Å². The van der Waals surface area contributed by atoms with Crippen LogP contribution in [0.15, 0.2) is 48.5 Å². The molecule has 2 heterocycles. The fraction of sp³-hybridized carbons (Fsp3) is 0.458. The van der Waals surface area contributed by atoms with E-state index in [0.717, 1.165) is 29.9 Å². The number of ether oxygens (including phenoxy) is 1. The Morgan fingerprint density at radius 1 is 1.10 bits per heavy atom. The highest BCUT2D eigenvalue weighted by molar-refractivity contribution is 5.93. The minimum Gasteiger partial charge on any atom is -0.491 e. The van der Waals surface area contributed by atoms with Gasteiger partial charge in [-0.25, -0.2) is 0 Å². The number of aryl methyl sites for hydroxylation is 1. The van der Waals surface area contributed by atoms with Crippen LogP contribution in [0.25, 0.3) is 0 Å². The maximum atomic E-state index is 11.5. The topological polar surface area (TPSA) is 82.0 Å². The largest absolute Gasteiger partial charge is 0.491 e. The molecule has 6 nitrogen and oxygen atoms in total. The van der Waals surface area contributed by atoms with Gasteiger partial charge in [0.1, 0.15) is 18.5 Å². The summed E-state index contributed by atoms with van der Waals surface area (Å²) < 4.78 is 5.78. The molecule has 0 saturated carbocycles. The highest BCUT2D eigenvalue weighted by Gasteiger charge is 2.32. The molecule has 2 aromatic carbocycles. The van der Waals surface area contributed by atoms with Gasteiger partial charge < -0.3 is 25.2 Å². The van der Waals surface area contributed by atoms with Crippen LogP contribution in [0.2, 0.25) is 0 Å². The van der Waals surface area contributed by atoms with Gasteiger partial charge in [0.2, 0.25) is 5.91 Å². The second-order valence-electron chi connectivity index (χ2n) is 8.52. The minimum absolute atomic E-state index is 0.0452. The average molecular weight is 411 g/mol. The molecule has 0 spiro atoms. The molecule has 2 aliphatic heterocycles. The first-order valence-electron chi connectivity index (χ1n) is 10.7. The Balaban J connectivity index is 1.22. The van der Waals surface area contributed by atoms with Gasteiger partial charge in [0.25, 0.3) is 0 Å². The number of aliphatic hydroxyl groups excluding tert-OH is 1. The third-order valence-corrected chi connectivity index (χ3v) is 6.05. The zero-order valence-electron chi connectivity index (χ0n) is 17.2. The first-order valence-corrected chi connectivity index (χ1v) is 10.7. The molecular weight excluding hydrogens is 380 g/mol. The van der Waals surface area contributed by atoms with Crippen molar-refractivity contribution in [1.29, 1.82) is 0 Å². The molecule has 1 fully saturated rings. The van der Waals surface area contributed by atoms with Crippen molar-refractivity contribution in [3.8, 4) is 5.75 Å². The molecule has 2 aromatic rings. The standard InChI is InChI=1S/C24H30N2O4/c27-20(17-30-21-7-8-22-19(14-21)6-9-23(28)25-22)16-26-12-10-24(29,11-13-26)15-18-4-2-1-3-5-18/h1-5,7-8,14,20,27,29H,6,9-13,15-17H2,(H,25,28)/t20-/m1/s1. The van der Waals surface area contributed by atoms with Gasteiger partial charge in [-0.15, -0.1) is 0 Å². The number of hydrogen-bond acceptors (Lipinski definition) is 5. The van der Waals surface area contributed by atoms with Crippen molar-refractivity contribution in [2.75, 3.05) is 31.6 Å². The third-order valence-electron chi connectivity index (χ3n) is 6.05. The van der Waals surface area contributed by atoms with Crippen LogP contribution in [0, 0.1) is 0 Å². The number of rotatable bonds is 7. The van der Waals surface area contributed by atoms with Crippen molar-refractivity contribution in [3.05, 3.63) is 59.7 Å². The number of aliphatic hydroxyl groups is 2. The van der Waals surface area contributed by atoms with Gasteiger partial charge in [0, 0.05) is 38.2 Å². The summed E-state index contributed by atoms with van der Waals surface area (Å²) in [7, 11) is 0. The SMILES string of the molecule is O=C1CCc2cc(OC[C@H](O)CN3CCC(O)(Cc4ccccc4)CC3)ccc2N1. The summed E-state index contributed by atoms with van der Waals surface area (Å²) in [6, 6.07) is 15.7. The molecule has 6 heteroatoms. The quantitative estimate of drug-likeness (QED) is 0.653. The van der Waals surface area contributed by atoms with E-state index >= 15 is 0 Å². The zero-order chi connectivity index (χ0) is 21.0. The summed E-state index contributed by atoms with van der Waals surface area (Å²) in [4.78, 5) is 13.6.